The molecule has 1 saturated carbocycles. The number of halogens is 1. The second kappa shape index (κ2) is 10.7. The normalized spacial score (nSPS) is 19.2. The molecule has 3 aromatic rings. The molecule has 3 heterocycles. The predicted molar refractivity (Wildman–Crippen MR) is 137 cm³/mol. The number of nitrogens with zero attached hydrogens (tertiary/aromatic N) is 2. The number of cyclic esters (lactones) is 1. The summed E-state index contributed by atoms with van der Waals surface area (Å²) in [6, 6.07) is 7.84. The number of carbonyl (C=O) groups is 4. The van der Waals surface area contributed by atoms with Crippen molar-refractivity contribution in [1.29, 1.82) is 0 Å². The van der Waals surface area contributed by atoms with Crippen molar-refractivity contribution in [3.63, 3.8) is 0 Å². The third kappa shape index (κ3) is 5.01. The highest BCUT2D eigenvalue weighted by Crippen LogP contribution is 2.36. The Morgan fingerprint density at radius 3 is 2.55 bits per heavy atom. The largest absolute Gasteiger partial charge is 0.465 e. The summed E-state index contributed by atoms with van der Waals surface area (Å²) in [5, 5.41) is 6.13. The van der Waals surface area contributed by atoms with E-state index in [0.717, 1.165) is 0 Å². The summed E-state index contributed by atoms with van der Waals surface area (Å²) in [7, 11) is 1.24. The van der Waals surface area contributed by atoms with Gasteiger partial charge in [-0.15, -0.1) is 0 Å². The molecule has 5 rings (SSSR count). The van der Waals surface area contributed by atoms with Gasteiger partial charge < -0.3 is 29.4 Å². The van der Waals surface area contributed by atoms with Gasteiger partial charge in [0.2, 0.25) is 11.7 Å². The molecule has 2 fully saturated rings. The van der Waals surface area contributed by atoms with Gasteiger partial charge in [0.25, 0.3) is 5.91 Å². The summed E-state index contributed by atoms with van der Waals surface area (Å²) in [4.78, 5) is 56.8. The van der Waals surface area contributed by atoms with E-state index in [1.807, 2.05) is 0 Å². The van der Waals surface area contributed by atoms with Crippen LogP contribution in [0.5, 0.6) is 0 Å². The van der Waals surface area contributed by atoms with Crippen molar-refractivity contribution in [3.05, 3.63) is 52.9 Å². The Hall–Kier alpha value is -4.12. The van der Waals surface area contributed by atoms with E-state index in [4.69, 9.17) is 25.5 Å². The first-order chi connectivity index (χ1) is 18.4. The molecule has 0 spiro atoms. The molecule has 1 aromatic carbocycles. The van der Waals surface area contributed by atoms with Crippen molar-refractivity contribution in [2.45, 2.75) is 31.7 Å². The van der Waals surface area contributed by atoms with Crippen LogP contribution in [0.25, 0.3) is 11.0 Å². The lowest BCUT2D eigenvalue weighted by molar-refractivity contribution is -0.121. The molecule has 0 bridgehead atoms. The molecule has 1 aliphatic heterocycles. The number of carbonyl (C=O) groups excluding carboxylic acids is 4. The highest BCUT2D eigenvalue weighted by Gasteiger charge is 2.35. The number of ether oxygens (including phenoxy) is 2. The van der Waals surface area contributed by atoms with E-state index in [0.29, 0.717) is 43.9 Å². The Kier molecular flexibility index (Phi) is 7.19. The maximum atomic E-state index is 13.4. The molecule has 198 valence electrons. The van der Waals surface area contributed by atoms with Crippen LogP contribution >= 0.6 is 11.6 Å². The minimum absolute atomic E-state index is 0.0305. The van der Waals surface area contributed by atoms with Gasteiger partial charge in [-0.3, -0.25) is 9.59 Å². The fourth-order valence-corrected chi connectivity index (χ4v) is 5.05. The molecule has 0 radical (unpaired) electrons. The van der Waals surface area contributed by atoms with Gasteiger partial charge in [-0.25, -0.2) is 14.6 Å². The topological polar surface area (TPSA) is 140 Å². The number of furan rings is 1. The maximum Gasteiger partial charge on any atom is 0.410 e. The molecule has 3 amide bonds. The fraction of sp³-hybridized carbons (Fsp3) is 0.346. The highest BCUT2D eigenvalue weighted by molar-refractivity contribution is 6.30. The van der Waals surface area contributed by atoms with Crippen LogP contribution in [0.3, 0.4) is 0 Å². The van der Waals surface area contributed by atoms with Gasteiger partial charge in [0.05, 0.1) is 29.6 Å². The van der Waals surface area contributed by atoms with Gasteiger partial charge in [0.1, 0.15) is 23.7 Å². The first kappa shape index (κ1) is 25.5. The summed E-state index contributed by atoms with van der Waals surface area (Å²) in [5.74, 6) is -1.93. The monoisotopic (exact) mass is 540 g/mol. The van der Waals surface area contributed by atoms with Crippen molar-refractivity contribution >= 4 is 58.0 Å². The molecule has 38 heavy (non-hydrogen) atoms. The third-order valence-electron chi connectivity index (χ3n) is 6.84. The maximum absolute atomic E-state index is 13.4. The predicted octanol–water partition coefficient (Wildman–Crippen LogP) is 4.47. The summed E-state index contributed by atoms with van der Waals surface area (Å²) in [6.07, 6.45) is 3.48. The smallest absolute Gasteiger partial charge is 0.410 e. The minimum Gasteiger partial charge on any atom is -0.465 e. The first-order valence-corrected chi connectivity index (χ1v) is 12.5. The van der Waals surface area contributed by atoms with Crippen LogP contribution in [0, 0.1) is 5.92 Å². The van der Waals surface area contributed by atoms with E-state index in [1.165, 1.54) is 25.4 Å². The van der Waals surface area contributed by atoms with Crippen LogP contribution in [0.1, 0.15) is 46.6 Å². The molecule has 2 aliphatic rings. The lowest BCUT2D eigenvalue weighted by Gasteiger charge is -2.32. The van der Waals surface area contributed by atoms with Crippen LogP contribution in [0.2, 0.25) is 5.02 Å². The molecule has 12 heteroatoms. The number of benzene rings is 1. The number of rotatable bonds is 6. The number of methoxy groups -OCH3 is 1. The number of pyridine rings is 1. The SMILES string of the molecule is COC(=O)c1cccc2oc(C(=O)Nc3ccc(Cl)cn3)c(NC(=O)C3CCC(N4CCOC4=O)CC3)c12. The van der Waals surface area contributed by atoms with Crippen LogP contribution in [-0.4, -0.2) is 60.1 Å². The van der Waals surface area contributed by atoms with Crippen LogP contribution in [-0.2, 0) is 14.3 Å². The average molecular weight is 541 g/mol. The van der Waals surface area contributed by atoms with E-state index in [2.05, 4.69) is 15.6 Å². The van der Waals surface area contributed by atoms with Gasteiger partial charge in [-0.05, 0) is 49.9 Å². The number of nitrogens with one attached hydrogen (secondary N) is 2. The number of esters is 1. The number of anilines is 2. The summed E-state index contributed by atoms with van der Waals surface area (Å²) >= 11 is 5.88. The highest BCUT2D eigenvalue weighted by atomic mass is 35.5. The zero-order valence-corrected chi connectivity index (χ0v) is 21.2. The standard InChI is InChI=1S/C26H25ClN4O7/c1-36-25(34)17-3-2-4-18-20(17)21(22(38-18)24(33)29-19-10-7-15(27)13-28-19)30-23(32)14-5-8-16(9-6-14)31-11-12-37-26(31)35/h2-4,7,10,13-14,16H,5-6,8-9,11-12H2,1H3,(H,30,32)(H,28,29,33). The van der Waals surface area contributed by atoms with Gasteiger partial charge >= 0.3 is 12.1 Å². The van der Waals surface area contributed by atoms with E-state index >= 15 is 0 Å². The molecule has 1 aliphatic carbocycles. The second-order valence-corrected chi connectivity index (χ2v) is 9.53. The Morgan fingerprint density at radius 1 is 1.11 bits per heavy atom. The molecule has 11 nitrogen and oxygen atoms in total. The van der Waals surface area contributed by atoms with Crippen molar-refractivity contribution in [2.24, 2.45) is 5.92 Å². The lowest BCUT2D eigenvalue weighted by Crippen LogP contribution is -2.40. The molecule has 0 unspecified atom stereocenters. The van der Waals surface area contributed by atoms with E-state index in [1.54, 1.807) is 23.1 Å². The fourth-order valence-electron chi connectivity index (χ4n) is 4.94. The van der Waals surface area contributed by atoms with Crippen molar-refractivity contribution in [1.82, 2.24) is 9.88 Å². The molecule has 1 saturated heterocycles. The number of aromatic nitrogens is 1. The number of hydrogen-bond donors (Lipinski definition) is 2. The molecule has 2 aromatic heterocycles. The average Bonchev–Trinajstić information content (AvgIpc) is 3.53. The lowest BCUT2D eigenvalue weighted by atomic mass is 9.84. The van der Waals surface area contributed by atoms with Gasteiger partial charge in [-0.2, -0.15) is 0 Å². The summed E-state index contributed by atoms with van der Waals surface area (Å²) in [6.45, 7) is 0.935. The zero-order valence-electron chi connectivity index (χ0n) is 20.5. The van der Waals surface area contributed by atoms with Crippen molar-refractivity contribution in [2.75, 3.05) is 30.9 Å². The quantitative estimate of drug-likeness (QED) is 0.436. The Bertz CT molecular complexity index is 1400. The molecular formula is C26H25ClN4O7. The molecular weight excluding hydrogens is 516 g/mol. The summed E-state index contributed by atoms with van der Waals surface area (Å²) in [5.41, 5.74) is 0.445. The number of fused-ring (bicyclic) bond motifs is 1. The van der Waals surface area contributed by atoms with Crippen molar-refractivity contribution < 1.29 is 33.1 Å². The van der Waals surface area contributed by atoms with E-state index in [9.17, 15) is 19.2 Å². The van der Waals surface area contributed by atoms with Crippen LogP contribution in [0.4, 0.5) is 16.3 Å². The van der Waals surface area contributed by atoms with Crippen LogP contribution < -0.4 is 10.6 Å². The number of amides is 3. The minimum atomic E-state index is -0.668. The Morgan fingerprint density at radius 2 is 1.89 bits per heavy atom. The third-order valence-corrected chi connectivity index (χ3v) is 7.07. The van der Waals surface area contributed by atoms with Gasteiger partial charge in [0, 0.05) is 18.2 Å². The molecule has 2 N–H and O–H groups in total. The second-order valence-electron chi connectivity index (χ2n) is 9.09. The Labute approximate surface area is 222 Å². The van der Waals surface area contributed by atoms with Crippen LogP contribution in [0.15, 0.2) is 40.9 Å². The number of hydrogen-bond acceptors (Lipinski definition) is 8. The van der Waals surface area contributed by atoms with Gasteiger partial charge in [-0.1, -0.05) is 17.7 Å². The zero-order chi connectivity index (χ0) is 26.8. The summed E-state index contributed by atoms with van der Waals surface area (Å²) < 4.78 is 15.8. The molecule has 0 atom stereocenters. The first-order valence-electron chi connectivity index (χ1n) is 12.2. The van der Waals surface area contributed by atoms with E-state index in [-0.39, 0.29) is 57.8 Å². The van der Waals surface area contributed by atoms with Gasteiger partial charge in [0.15, 0.2) is 0 Å². The van der Waals surface area contributed by atoms with Crippen molar-refractivity contribution in [3.8, 4) is 0 Å². The Balaban J connectivity index is 1.42. The van der Waals surface area contributed by atoms with E-state index < -0.39 is 11.9 Å².